The Kier molecular flexibility index (Phi) is 9.53. The zero-order chi connectivity index (χ0) is 17.7. The Balaban J connectivity index is 2.05. The van der Waals surface area contributed by atoms with Crippen molar-refractivity contribution in [1.29, 1.82) is 0 Å². The van der Waals surface area contributed by atoms with Crippen LogP contribution in [0.1, 0.15) is 39.5 Å². The fraction of sp³-hybridized carbons (Fsp3) is 0.318. The molecule has 0 aromatic heterocycles. The van der Waals surface area contributed by atoms with Gasteiger partial charge < -0.3 is 0 Å². The first-order valence-electron chi connectivity index (χ1n) is 8.95. The Morgan fingerprint density at radius 3 is 2.28 bits per heavy atom. The Labute approximate surface area is 161 Å². The lowest BCUT2D eigenvalue weighted by Crippen LogP contribution is -1.96. The Hall–Kier alpha value is -1.45. The molecule has 25 heavy (non-hydrogen) atoms. The fourth-order valence-corrected chi connectivity index (χ4v) is 4.07. The highest BCUT2D eigenvalue weighted by molar-refractivity contribution is 8.14. The summed E-state index contributed by atoms with van der Waals surface area (Å²) in [5, 5.41) is 3.35. The van der Waals surface area contributed by atoms with Gasteiger partial charge in [0.2, 0.25) is 0 Å². The summed E-state index contributed by atoms with van der Waals surface area (Å²) in [6.07, 6.45) is 5.17. The second-order valence-corrected chi connectivity index (χ2v) is 7.92. The molecule has 2 rings (SSSR count). The molecule has 0 aliphatic carbocycles. The van der Waals surface area contributed by atoms with E-state index in [0.717, 1.165) is 16.5 Å². The molecule has 0 heterocycles. The Bertz CT molecular complexity index is 663. The molecule has 0 amide bonds. The summed E-state index contributed by atoms with van der Waals surface area (Å²) in [4.78, 5) is 6.14. The summed E-state index contributed by atoms with van der Waals surface area (Å²) < 4.78 is 0. The molecule has 0 aliphatic rings. The van der Waals surface area contributed by atoms with Gasteiger partial charge in [-0.05, 0) is 54.3 Å². The molecule has 0 saturated heterocycles. The predicted molar refractivity (Wildman–Crippen MR) is 116 cm³/mol. The van der Waals surface area contributed by atoms with Crippen molar-refractivity contribution in [1.82, 2.24) is 0 Å². The first kappa shape index (κ1) is 19.9. The summed E-state index contributed by atoms with van der Waals surface area (Å²) >= 11 is 3.64. The van der Waals surface area contributed by atoms with E-state index >= 15 is 0 Å². The van der Waals surface area contributed by atoms with E-state index in [0.29, 0.717) is 0 Å². The monoisotopic (exact) mass is 369 g/mol. The van der Waals surface area contributed by atoms with Crippen molar-refractivity contribution in [3.05, 3.63) is 71.6 Å². The molecule has 0 saturated carbocycles. The van der Waals surface area contributed by atoms with Crippen molar-refractivity contribution in [2.45, 2.75) is 44.4 Å². The van der Waals surface area contributed by atoms with Crippen molar-refractivity contribution in [3.63, 3.8) is 0 Å². The molecule has 2 aromatic carbocycles. The second-order valence-electron chi connectivity index (χ2n) is 5.89. The highest BCUT2D eigenvalue weighted by atomic mass is 32.2. The van der Waals surface area contributed by atoms with Crippen LogP contribution in [0.3, 0.4) is 0 Å². The van der Waals surface area contributed by atoms with Gasteiger partial charge in [0.15, 0.2) is 0 Å². The van der Waals surface area contributed by atoms with Gasteiger partial charge in [0.25, 0.3) is 0 Å². The maximum absolute atomic E-state index is 4.89. The number of nitrogens with zero attached hydrogens (tertiary/aromatic N) is 1. The Morgan fingerprint density at radius 2 is 1.60 bits per heavy atom. The number of thioether (sulfide) groups is 2. The summed E-state index contributed by atoms with van der Waals surface area (Å²) in [7, 11) is 0. The van der Waals surface area contributed by atoms with E-state index in [1.807, 2.05) is 30.0 Å². The molecule has 2 aromatic rings. The highest BCUT2D eigenvalue weighted by Gasteiger charge is 2.05. The number of benzene rings is 2. The minimum atomic E-state index is 1.02. The van der Waals surface area contributed by atoms with Gasteiger partial charge in [-0.25, -0.2) is 4.99 Å². The van der Waals surface area contributed by atoms with Crippen LogP contribution in [0.25, 0.3) is 0 Å². The first-order valence-corrected chi connectivity index (χ1v) is 10.8. The molecular weight excluding hydrogens is 342 g/mol. The molecule has 0 atom stereocenters. The zero-order valence-corrected chi connectivity index (χ0v) is 16.8. The number of hydrogen-bond donors (Lipinski definition) is 0. The number of aliphatic imine (C=N–C) groups is 1. The smallest absolute Gasteiger partial charge is 0.100 e. The average molecular weight is 370 g/mol. The molecule has 3 heteroatoms. The number of rotatable bonds is 9. The topological polar surface area (TPSA) is 12.4 Å². The second kappa shape index (κ2) is 12.0. The van der Waals surface area contributed by atoms with E-state index in [2.05, 4.69) is 61.7 Å². The Morgan fingerprint density at radius 1 is 0.920 bits per heavy atom. The van der Waals surface area contributed by atoms with Crippen LogP contribution in [0.15, 0.2) is 81.5 Å². The van der Waals surface area contributed by atoms with Gasteiger partial charge in [-0.15, -0.1) is 11.8 Å². The molecule has 1 nitrogen and oxygen atoms in total. The summed E-state index contributed by atoms with van der Waals surface area (Å²) in [6.45, 7) is 4.42. The van der Waals surface area contributed by atoms with Gasteiger partial charge in [-0.2, -0.15) is 0 Å². The van der Waals surface area contributed by atoms with E-state index < -0.39 is 0 Å². The van der Waals surface area contributed by atoms with Crippen LogP contribution in [0.5, 0.6) is 0 Å². The van der Waals surface area contributed by atoms with Crippen molar-refractivity contribution in [2.24, 2.45) is 4.99 Å². The molecule has 132 valence electrons. The lowest BCUT2D eigenvalue weighted by atomic mass is 10.2. The minimum Gasteiger partial charge on any atom is -0.242 e. The van der Waals surface area contributed by atoms with Gasteiger partial charge in [0, 0.05) is 4.90 Å². The van der Waals surface area contributed by atoms with Gasteiger partial charge in [0.1, 0.15) is 5.04 Å². The number of para-hydroxylation sites is 1. The van der Waals surface area contributed by atoms with E-state index in [4.69, 9.17) is 4.99 Å². The normalized spacial score (nSPS) is 12.4. The third kappa shape index (κ3) is 7.98. The van der Waals surface area contributed by atoms with Crippen molar-refractivity contribution < 1.29 is 0 Å². The van der Waals surface area contributed by atoms with E-state index in [1.165, 1.54) is 36.2 Å². The zero-order valence-electron chi connectivity index (χ0n) is 15.2. The van der Waals surface area contributed by atoms with Gasteiger partial charge in [0.05, 0.1) is 5.69 Å². The standard InChI is InChI=1S/C22H27NS2/c1-3-4-5-12-17-24-22(23-20-13-8-6-9-14-20)19(2)18-25-21-15-10-7-11-16-21/h6-11,13-16,18H,3-5,12,17H2,1-2H3. The average Bonchev–Trinajstić information content (AvgIpc) is 2.66. The maximum atomic E-state index is 4.89. The van der Waals surface area contributed by atoms with Crippen LogP contribution in [0.4, 0.5) is 5.69 Å². The molecule has 0 spiro atoms. The quantitative estimate of drug-likeness (QED) is 0.194. The third-order valence-corrected chi connectivity index (χ3v) is 5.87. The first-order chi connectivity index (χ1) is 12.3. The molecule has 0 bridgehead atoms. The molecule has 0 radical (unpaired) electrons. The summed E-state index contributed by atoms with van der Waals surface area (Å²) in [5.41, 5.74) is 2.26. The molecule has 0 unspecified atom stereocenters. The van der Waals surface area contributed by atoms with Gasteiger partial charge >= 0.3 is 0 Å². The predicted octanol–water partition coefficient (Wildman–Crippen LogP) is 7.73. The minimum absolute atomic E-state index is 1.02. The van der Waals surface area contributed by atoms with Crippen LogP contribution in [-0.4, -0.2) is 10.8 Å². The lowest BCUT2D eigenvalue weighted by molar-refractivity contribution is 0.707. The molecular formula is C22H27NS2. The van der Waals surface area contributed by atoms with Crippen LogP contribution in [0, 0.1) is 0 Å². The number of hydrogen-bond acceptors (Lipinski definition) is 3. The molecule has 0 fully saturated rings. The molecule has 0 N–H and O–H groups in total. The summed E-state index contributed by atoms with van der Waals surface area (Å²) in [6, 6.07) is 20.7. The van der Waals surface area contributed by atoms with Gasteiger partial charge in [-0.1, -0.05) is 74.3 Å². The van der Waals surface area contributed by atoms with Crippen LogP contribution in [-0.2, 0) is 0 Å². The van der Waals surface area contributed by atoms with Crippen LogP contribution >= 0.6 is 23.5 Å². The summed E-state index contributed by atoms with van der Waals surface area (Å²) in [5.74, 6) is 1.13. The van der Waals surface area contributed by atoms with Crippen LogP contribution in [0.2, 0.25) is 0 Å². The number of unbranched alkanes of at least 4 members (excludes halogenated alkanes) is 3. The van der Waals surface area contributed by atoms with E-state index in [1.54, 1.807) is 11.8 Å². The third-order valence-electron chi connectivity index (χ3n) is 3.68. The van der Waals surface area contributed by atoms with E-state index in [9.17, 15) is 0 Å². The maximum Gasteiger partial charge on any atom is 0.100 e. The van der Waals surface area contributed by atoms with Gasteiger partial charge in [-0.3, -0.25) is 0 Å². The van der Waals surface area contributed by atoms with Crippen LogP contribution < -0.4 is 0 Å². The van der Waals surface area contributed by atoms with Crippen molar-refractivity contribution >= 4 is 34.3 Å². The largest absolute Gasteiger partial charge is 0.242 e. The fourth-order valence-electron chi connectivity index (χ4n) is 2.26. The lowest BCUT2D eigenvalue weighted by Gasteiger charge is -2.08. The highest BCUT2D eigenvalue weighted by Crippen LogP contribution is 2.25. The van der Waals surface area contributed by atoms with Crippen molar-refractivity contribution in [2.75, 3.05) is 5.75 Å². The van der Waals surface area contributed by atoms with Crippen molar-refractivity contribution in [3.8, 4) is 0 Å². The molecule has 0 aliphatic heterocycles. The SMILES string of the molecule is CCCCCCSC(=Nc1ccccc1)C(C)=CSc1ccccc1. The van der Waals surface area contributed by atoms with E-state index in [-0.39, 0.29) is 0 Å².